The van der Waals surface area contributed by atoms with Crippen molar-refractivity contribution in [1.29, 1.82) is 0 Å². The molecular formula is C19H26IN3O2. The Hall–Kier alpha value is -1.96. The molecule has 0 fully saturated rings. The highest BCUT2D eigenvalue weighted by molar-refractivity contribution is 14.0. The molecule has 2 rings (SSSR count). The van der Waals surface area contributed by atoms with E-state index in [9.17, 15) is 0 Å². The molecule has 2 aromatic carbocycles. The van der Waals surface area contributed by atoms with Gasteiger partial charge in [0.2, 0.25) is 0 Å². The number of methoxy groups -OCH3 is 1. The van der Waals surface area contributed by atoms with Gasteiger partial charge in [-0.25, -0.2) is 0 Å². The third kappa shape index (κ3) is 8.11. The van der Waals surface area contributed by atoms with Crippen LogP contribution in [0.3, 0.4) is 0 Å². The zero-order valence-corrected chi connectivity index (χ0v) is 17.0. The van der Waals surface area contributed by atoms with E-state index >= 15 is 0 Å². The van der Waals surface area contributed by atoms with Crippen LogP contribution in [0.1, 0.15) is 12.0 Å². The first-order valence-corrected chi connectivity index (χ1v) is 8.07. The van der Waals surface area contributed by atoms with Crippen LogP contribution in [0.5, 0.6) is 11.5 Å². The summed E-state index contributed by atoms with van der Waals surface area (Å²) in [7, 11) is 3.43. The molecule has 0 atom stereocenters. The molecule has 25 heavy (non-hydrogen) atoms. The molecule has 0 aromatic heterocycles. The number of guanidine groups is 1. The molecule has 2 aromatic rings. The Morgan fingerprint density at radius 3 is 2.32 bits per heavy atom. The predicted molar refractivity (Wildman–Crippen MR) is 113 cm³/mol. The Bertz CT molecular complexity index is 618. The van der Waals surface area contributed by atoms with Crippen LogP contribution < -0.4 is 20.1 Å². The second-order valence-electron chi connectivity index (χ2n) is 5.22. The summed E-state index contributed by atoms with van der Waals surface area (Å²) < 4.78 is 10.8. The average molecular weight is 455 g/mol. The van der Waals surface area contributed by atoms with Gasteiger partial charge in [-0.1, -0.05) is 30.3 Å². The first-order chi connectivity index (χ1) is 11.8. The van der Waals surface area contributed by atoms with Crippen LogP contribution in [-0.4, -0.2) is 33.3 Å². The van der Waals surface area contributed by atoms with Crippen molar-refractivity contribution >= 4 is 29.9 Å². The van der Waals surface area contributed by atoms with E-state index in [0.29, 0.717) is 13.2 Å². The van der Waals surface area contributed by atoms with Crippen molar-refractivity contribution in [1.82, 2.24) is 10.6 Å². The number of benzene rings is 2. The molecule has 0 heterocycles. The monoisotopic (exact) mass is 455 g/mol. The molecule has 5 nitrogen and oxygen atoms in total. The Labute approximate surface area is 166 Å². The van der Waals surface area contributed by atoms with Crippen LogP contribution in [0.2, 0.25) is 0 Å². The topological polar surface area (TPSA) is 54.9 Å². The molecule has 136 valence electrons. The van der Waals surface area contributed by atoms with E-state index in [4.69, 9.17) is 9.47 Å². The number of aliphatic imine (C=N–C) groups is 1. The molecule has 0 saturated carbocycles. The minimum atomic E-state index is 0. The smallest absolute Gasteiger partial charge is 0.191 e. The van der Waals surface area contributed by atoms with Gasteiger partial charge in [0.1, 0.15) is 11.5 Å². The second-order valence-corrected chi connectivity index (χ2v) is 5.22. The summed E-state index contributed by atoms with van der Waals surface area (Å²) in [5, 5.41) is 6.57. The molecule has 0 unspecified atom stereocenters. The molecule has 0 aliphatic heterocycles. The van der Waals surface area contributed by atoms with Crippen molar-refractivity contribution in [2.24, 2.45) is 4.99 Å². The molecule has 0 saturated heterocycles. The number of hydrogen-bond acceptors (Lipinski definition) is 3. The fraction of sp³-hybridized carbons (Fsp3) is 0.316. The van der Waals surface area contributed by atoms with Gasteiger partial charge in [-0.3, -0.25) is 4.99 Å². The number of halogens is 1. The maximum Gasteiger partial charge on any atom is 0.191 e. The molecule has 0 aliphatic carbocycles. The Kier molecular flexibility index (Phi) is 10.5. The number of hydrogen-bond donors (Lipinski definition) is 2. The fourth-order valence-corrected chi connectivity index (χ4v) is 2.14. The van der Waals surface area contributed by atoms with Crippen molar-refractivity contribution in [2.75, 3.05) is 27.3 Å². The summed E-state index contributed by atoms with van der Waals surface area (Å²) in [5.74, 6) is 2.55. The fourth-order valence-electron chi connectivity index (χ4n) is 2.14. The Balaban J connectivity index is 0.00000312. The van der Waals surface area contributed by atoms with Crippen molar-refractivity contribution in [3.8, 4) is 11.5 Å². The maximum atomic E-state index is 5.66. The minimum Gasteiger partial charge on any atom is -0.497 e. The van der Waals surface area contributed by atoms with E-state index in [1.807, 2.05) is 54.6 Å². The normalized spacial score (nSPS) is 10.6. The van der Waals surface area contributed by atoms with Crippen molar-refractivity contribution in [2.45, 2.75) is 13.0 Å². The van der Waals surface area contributed by atoms with Gasteiger partial charge in [0.25, 0.3) is 0 Å². The summed E-state index contributed by atoms with van der Waals surface area (Å²) in [5.41, 5.74) is 1.17. The van der Waals surface area contributed by atoms with Crippen molar-refractivity contribution in [3.63, 3.8) is 0 Å². The van der Waals surface area contributed by atoms with Crippen LogP contribution in [0, 0.1) is 0 Å². The van der Waals surface area contributed by atoms with E-state index in [1.165, 1.54) is 5.56 Å². The predicted octanol–water partition coefficient (Wildman–Crippen LogP) is 3.45. The quantitative estimate of drug-likeness (QED) is 0.277. The Morgan fingerprint density at radius 2 is 1.68 bits per heavy atom. The maximum absolute atomic E-state index is 5.66. The molecule has 6 heteroatoms. The van der Waals surface area contributed by atoms with E-state index in [1.54, 1.807) is 14.2 Å². The van der Waals surface area contributed by atoms with E-state index in [0.717, 1.165) is 30.4 Å². The van der Waals surface area contributed by atoms with Crippen molar-refractivity contribution < 1.29 is 9.47 Å². The van der Waals surface area contributed by atoms with Gasteiger partial charge in [0.15, 0.2) is 5.96 Å². The van der Waals surface area contributed by atoms with E-state index in [-0.39, 0.29) is 24.0 Å². The second kappa shape index (κ2) is 12.4. The number of nitrogens with zero attached hydrogens (tertiary/aromatic N) is 1. The molecular weight excluding hydrogens is 429 g/mol. The van der Waals surface area contributed by atoms with Crippen LogP contribution in [0.25, 0.3) is 0 Å². The van der Waals surface area contributed by atoms with Crippen LogP contribution >= 0.6 is 24.0 Å². The van der Waals surface area contributed by atoms with Gasteiger partial charge >= 0.3 is 0 Å². The lowest BCUT2D eigenvalue weighted by molar-refractivity contribution is 0.311. The van der Waals surface area contributed by atoms with E-state index < -0.39 is 0 Å². The highest BCUT2D eigenvalue weighted by atomic mass is 127. The highest BCUT2D eigenvalue weighted by Gasteiger charge is 1.99. The summed E-state index contributed by atoms with van der Waals surface area (Å²) in [6.07, 6.45) is 0.901. The molecule has 0 aliphatic rings. The largest absolute Gasteiger partial charge is 0.497 e. The minimum absolute atomic E-state index is 0. The first-order valence-electron chi connectivity index (χ1n) is 8.07. The zero-order valence-electron chi connectivity index (χ0n) is 14.7. The van der Waals surface area contributed by atoms with Gasteiger partial charge in [-0.2, -0.15) is 0 Å². The van der Waals surface area contributed by atoms with Gasteiger partial charge < -0.3 is 20.1 Å². The van der Waals surface area contributed by atoms with Gasteiger partial charge in [-0.05, 0) is 36.2 Å². The van der Waals surface area contributed by atoms with Crippen LogP contribution in [0.15, 0.2) is 59.6 Å². The van der Waals surface area contributed by atoms with Crippen LogP contribution in [0.4, 0.5) is 0 Å². The average Bonchev–Trinajstić information content (AvgIpc) is 2.65. The lowest BCUT2D eigenvalue weighted by Crippen LogP contribution is -2.37. The molecule has 0 spiro atoms. The molecule has 0 amide bonds. The van der Waals surface area contributed by atoms with Crippen LogP contribution in [-0.2, 0) is 6.54 Å². The summed E-state index contributed by atoms with van der Waals surface area (Å²) in [6.45, 7) is 2.19. The summed E-state index contributed by atoms with van der Waals surface area (Å²) in [4.78, 5) is 4.22. The lowest BCUT2D eigenvalue weighted by atomic mass is 10.2. The number of para-hydroxylation sites is 1. The van der Waals surface area contributed by atoms with Gasteiger partial charge in [0, 0.05) is 20.1 Å². The number of ether oxygens (including phenoxy) is 2. The lowest BCUT2D eigenvalue weighted by Gasteiger charge is -2.12. The zero-order chi connectivity index (χ0) is 17.0. The Morgan fingerprint density at radius 1 is 0.960 bits per heavy atom. The van der Waals surface area contributed by atoms with E-state index in [2.05, 4.69) is 15.6 Å². The highest BCUT2D eigenvalue weighted by Crippen LogP contribution is 2.11. The summed E-state index contributed by atoms with van der Waals surface area (Å²) in [6, 6.07) is 17.8. The van der Waals surface area contributed by atoms with Crippen molar-refractivity contribution in [3.05, 3.63) is 60.2 Å². The van der Waals surface area contributed by atoms with Gasteiger partial charge in [0.05, 0.1) is 13.7 Å². The number of nitrogens with one attached hydrogen (secondary N) is 2. The molecule has 0 bridgehead atoms. The summed E-state index contributed by atoms with van der Waals surface area (Å²) >= 11 is 0. The first kappa shape index (κ1) is 21.1. The SMILES string of the molecule is CN=C(NCCCOc1ccccc1)NCc1ccc(OC)cc1.I. The molecule has 0 radical (unpaired) electrons. The third-order valence-corrected chi connectivity index (χ3v) is 3.47. The molecule has 2 N–H and O–H groups in total. The third-order valence-electron chi connectivity index (χ3n) is 3.47. The van der Waals surface area contributed by atoms with Gasteiger partial charge in [-0.15, -0.1) is 24.0 Å². The number of rotatable bonds is 8. The standard InChI is InChI=1S/C19H25N3O2.HI/c1-20-19(22-15-16-9-11-17(23-2)12-10-16)21-13-6-14-24-18-7-4-3-5-8-18;/h3-5,7-12H,6,13-15H2,1-2H3,(H2,20,21,22);1H.